The van der Waals surface area contributed by atoms with Crippen LogP contribution >= 0.6 is 11.6 Å². The SMILES string of the molecule is CC1CCC2C3C(CCCCCCl)Cc4cc(O)ccc4C3C(F)CC12C. The molecular weight excluding hydrogens is 359 g/mol. The van der Waals surface area contributed by atoms with Gasteiger partial charge in [0.25, 0.3) is 0 Å². The van der Waals surface area contributed by atoms with Crippen LogP contribution in [0.3, 0.4) is 0 Å². The summed E-state index contributed by atoms with van der Waals surface area (Å²) in [5.74, 6) is 3.33. The fraction of sp³-hybridized carbons (Fsp3) is 0.750. The normalized spacial score (nSPS) is 40.3. The van der Waals surface area contributed by atoms with E-state index >= 15 is 4.39 Å². The number of hydrogen-bond donors (Lipinski definition) is 1. The van der Waals surface area contributed by atoms with Gasteiger partial charge in [0.05, 0.1) is 0 Å². The van der Waals surface area contributed by atoms with Gasteiger partial charge >= 0.3 is 0 Å². The van der Waals surface area contributed by atoms with E-state index in [0.717, 1.165) is 18.7 Å². The average Bonchev–Trinajstić information content (AvgIpc) is 2.92. The molecule has 0 heterocycles. The first-order valence-electron chi connectivity index (χ1n) is 11.0. The molecule has 1 aromatic carbocycles. The molecule has 2 saturated carbocycles. The summed E-state index contributed by atoms with van der Waals surface area (Å²) in [5, 5.41) is 10.0. The van der Waals surface area contributed by atoms with Crippen LogP contribution in [-0.4, -0.2) is 17.2 Å². The Balaban J connectivity index is 1.69. The second-order valence-corrected chi connectivity index (χ2v) is 10.2. The summed E-state index contributed by atoms with van der Waals surface area (Å²) in [6.45, 7) is 4.71. The molecule has 3 aliphatic carbocycles. The molecule has 150 valence electrons. The predicted octanol–water partition coefficient (Wildman–Crippen LogP) is 6.86. The maximum Gasteiger partial charge on any atom is 0.115 e. The fourth-order valence-electron chi connectivity index (χ4n) is 6.99. The Labute approximate surface area is 168 Å². The van der Waals surface area contributed by atoms with E-state index in [1.54, 1.807) is 6.07 Å². The monoisotopic (exact) mass is 392 g/mol. The molecule has 1 nitrogen and oxygen atoms in total. The molecule has 1 aromatic rings. The summed E-state index contributed by atoms with van der Waals surface area (Å²) in [6, 6.07) is 5.67. The third kappa shape index (κ3) is 3.30. The largest absolute Gasteiger partial charge is 0.508 e. The van der Waals surface area contributed by atoms with Gasteiger partial charge in [-0.1, -0.05) is 32.8 Å². The van der Waals surface area contributed by atoms with E-state index in [9.17, 15) is 5.11 Å². The van der Waals surface area contributed by atoms with E-state index in [-0.39, 0.29) is 11.3 Å². The molecule has 7 unspecified atom stereocenters. The Morgan fingerprint density at radius 3 is 2.81 bits per heavy atom. The number of hydrogen-bond acceptors (Lipinski definition) is 1. The van der Waals surface area contributed by atoms with Crippen LogP contribution in [0, 0.1) is 29.1 Å². The van der Waals surface area contributed by atoms with Crippen molar-refractivity contribution in [3.63, 3.8) is 0 Å². The summed E-state index contributed by atoms with van der Waals surface area (Å²) in [5.41, 5.74) is 2.53. The first-order valence-corrected chi connectivity index (χ1v) is 11.5. The molecule has 0 aromatic heterocycles. The van der Waals surface area contributed by atoms with Crippen molar-refractivity contribution in [3.8, 4) is 5.75 Å². The zero-order chi connectivity index (χ0) is 19.2. The minimum absolute atomic E-state index is 0.0238. The molecule has 0 spiro atoms. The van der Waals surface area contributed by atoms with Crippen molar-refractivity contribution in [3.05, 3.63) is 29.3 Å². The van der Waals surface area contributed by atoms with Crippen molar-refractivity contribution in [2.75, 3.05) is 5.88 Å². The van der Waals surface area contributed by atoms with Crippen LogP contribution in [-0.2, 0) is 6.42 Å². The predicted molar refractivity (Wildman–Crippen MR) is 110 cm³/mol. The Morgan fingerprint density at radius 1 is 1.22 bits per heavy atom. The number of rotatable bonds is 5. The first-order chi connectivity index (χ1) is 13.0. The van der Waals surface area contributed by atoms with Crippen molar-refractivity contribution in [1.29, 1.82) is 0 Å². The average molecular weight is 393 g/mol. The van der Waals surface area contributed by atoms with Gasteiger partial charge in [-0.3, -0.25) is 0 Å². The molecule has 27 heavy (non-hydrogen) atoms. The number of alkyl halides is 2. The van der Waals surface area contributed by atoms with E-state index in [0.29, 0.717) is 35.8 Å². The number of halogens is 2. The van der Waals surface area contributed by atoms with Crippen molar-refractivity contribution < 1.29 is 9.50 Å². The molecule has 2 fully saturated rings. The van der Waals surface area contributed by atoms with Gasteiger partial charge in [-0.25, -0.2) is 4.39 Å². The second kappa shape index (κ2) is 7.58. The molecule has 0 radical (unpaired) electrons. The lowest BCUT2D eigenvalue weighted by Gasteiger charge is -2.55. The van der Waals surface area contributed by atoms with Gasteiger partial charge < -0.3 is 5.11 Å². The molecule has 0 bridgehead atoms. The first kappa shape index (κ1) is 19.6. The molecule has 0 amide bonds. The third-order valence-corrected chi connectivity index (χ3v) is 8.78. The van der Waals surface area contributed by atoms with Crippen LogP contribution in [0.15, 0.2) is 18.2 Å². The Hall–Kier alpha value is -0.760. The summed E-state index contributed by atoms with van der Waals surface area (Å²) in [7, 11) is 0. The van der Waals surface area contributed by atoms with Crippen molar-refractivity contribution in [2.45, 2.75) is 77.3 Å². The summed E-state index contributed by atoms with van der Waals surface area (Å²) >= 11 is 5.87. The minimum Gasteiger partial charge on any atom is -0.508 e. The topological polar surface area (TPSA) is 20.2 Å². The highest BCUT2D eigenvalue weighted by Crippen LogP contribution is 2.65. The summed E-state index contributed by atoms with van der Waals surface area (Å²) < 4.78 is 15.7. The zero-order valence-electron chi connectivity index (χ0n) is 16.8. The van der Waals surface area contributed by atoms with E-state index in [4.69, 9.17) is 11.6 Å². The van der Waals surface area contributed by atoms with Crippen LogP contribution in [0.25, 0.3) is 0 Å². The van der Waals surface area contributed by atoms with E-state index < -0.39 is 6.17 Å². The standard InChI is InChI=1S/C24H34ClFO/c1-15-7-10-20-22-16(6-4-3-5-11-25)12-17-13-18(27)8-9-19(17)23(22)21(26)14-24(15,20)2/h8-9,13,15-16,20-23,27H,3-7,10-12,14H2,1-2H3. The van der Waals surface area contributed by atoms with Crippen LogP contribution in [0.5, 0.6) is 5.75 Å². The van der Waals surface area contributed by atoms with Crippen LogP contribution in [0.2, 0.25) is 0 Å². The number of fused-ring (bicyclic) bond motifs is 5. The number of phenols is 1. The van der Waals surface area contributed by atoms with Gasteiger partial charge in [0, 0.05) is 11.8 Å². The number of benzene rings is 1. The van der Waals surface area contributed by atoms with Gasteiger partial charge in [0.1, 0.15) is 11.9 Å². The molecule has 1 N–H and O–H groups in total. The minimum atomic E-state index is -0.759. The molecule has 0 aliphatic heterocycles. The number of phenolic OH excluding ortho intramolecular Hbond substituents is 1. The lowest BCUT2D eigenvalue weighted by atomic mass is 9.50. The Morgan fingerprint density at radius 2 is 2.04 bits per heavy atom. The van der Waals surface area contributed by atoms with Crippen LogP contribution in [0.4, 0.5) is 4.39 Å². The summed E-state index contributed by atoms with van der Waals surface area (Å²) in [6.07, 6.45) is 8.05. The van der Waals surface area contributed by atoms with Crippen LogP contribution < -0.4 is 0 Å². The maximum absolute atomic E-state index is 15.7. The smallest absolute Gasteiger partial charge is 0.115 e. The van der Waals surface area contributed by atoms with Crippen molar-refractivity contribution in [1.82, 2.24) is 0 Å². The highest BCUT2D eigenvalue weighted by atomic mass is 35.5. The van der Waals surface area contributed by atoms with Gasteiger partial charge in [0.15, 0.2) is 0 Å². The third-order valence-electron chi connectivity index (χ3n) is 8.51. The van der Waals surface area contributed by atoms with E-state index in [1.165, 1.54) is 43.2 Å². The Kier molecular flexibility index (Phi) is 5.49. The lowest BCUT2D eigenvalue weighted by molar-refractivity contribution is -0.0421. The molecular formula is C24H34ClFO. The highest BCUT2D eigenvalue weighted by Gasteiger charge is 2.58. The van der Waals surface area contributed by atoms with Crippen molar-refractivity contribution >= 4 is 11.6 Å². The van der Waals surface area contributed by atoms with Gasteiger partial charge in [-0.15, -0.1) is 11.6 Å². The summed E-state index contributed by atoms with van der Waals surface area (Å²) in [4.78, 5) is 0. The highest BCUT2D eigenvalue weighted by molar-refractivity contribution is 6.17. The molecule has 7 atom stereocenters. The Bertz CT molecular complexity index is 676. The maximum atomic E-state index is 15.7. The molecule has 3 aliphatic rings. The van der Waals surface area contributed by atoms with Gasteiger partial charge in [-0.05, 0) is 90.9 Å². The number of aromatic hydroxyl groups is 1. The van der Waals surface area contributed by atoms with E-state index in [1.807, 2.05) is 12.1 Å². The zero-order valence-corrected chi connectivity index (χ0v) is 17.5. The van der Waals surface area contributed by atoms with Gasteiger partial charge in [-0.2, -0.15) is 0 Å². The lowest BCUT2D eigenvalue weighted by Crippen LogP contribution is -2.50. The van der Waals surface area contributed by atoms with E-state index in [2.05, 4.69) is 13.8 Å². The second-order valence-electron chi connectivity index (χ2n) is 9.80. The van der Waals surface area contributed by atoms with Crippen molar-refractivity contribution in [2.24, 2.45) is 29.1 Å². The number of unbranched alkanes of at least 4 members (excludes halogenated alkanes) is 2. The van der Waals surface area contributed by atoms with Gasteiger partial charge in [0.2, 0.25) is 0 Å². The molecule has 0 saturated heterocycles. The fourth-order valence-corrected chi connectivity index (χ4v) is 7.18. The van der Waals surface area contributed by atoms with Crippen LogP contribution in [0.1, 0.15) is 75.8 Å². The molecule has 3 heteroatoms. The quantitative estimate of drug-likeness (QED) is 0.428. The molecule has 4 rings (SSSR count).